The van der Waals surface area contributed by atoms with Gasteiger partial charge in [0.15, 0.2) is 0 Å². The number of rotatable bonds is 5. The first-order chi connectivity index (χ1) is 15.6. The molecule has 1 amide bonds. The number of carbonyl (C=O) groups is 1. The molecule has 6 nitrogen and oxygen atoms in total. The zero-order valence-electron chi connectivity index (χ0n) is 18.1. The van der Waals surface area contributed by atoms with E-state index in [0.717, 1.165) is 28.2 Å². The summed E-state index contributed by atoms with van der Waals surface area (Å²) in [6.07, 6.45) is 4.21. The monoisotopic (exact) mass is 424 g/mol. The number of hydrogen-bond donors (Lipinski definition) is 0. The second kappa shape index (κ2) is 8.30. The Balaban J connectivity index is 1.63. The third-order valence-electron chi connectivity index (χ3n) is 5.61. The van der Waals surface area contributed by atoms with Gasteiger partial charge in [0.2, 0.25) is 5.91 Å². The predicted octanol–water partition coefficient (Wildman–Crippen LogP) is 5.47. The zero-order chi connectivity index (χ0) is 22.1. The van der Waals surface area contributed by atoms with Crippen LogP contribution in [0.5, 0.6) is 0 Å². The van der Waals surface area contributed by atoms with Gasteiger partial charge in [0.25, 0.3) is 0 Å². The molecule has 2 aromatic carbocycles. The standard InChI is InChI=1S/C26H24N4O2/c1-18(2)26(31)30-23(16-22(27-30)24-14-9-15-32-24)21-17-29(20-12-7-4-8-13-20)28-25(21)19-10-5-3-6-11-19/h3-15,17-18,23H,16H2,1-2H3/t23-/m0/s1. The lowest BCUT2D eigenvalue weighted by molar-refractivity contribution is -0.136. The summed E-state index contributed by atoms with van der Waals surface area (Å²) in [5.41, 5.74) is 4.53. The highest BCUT2D eigenvalue weighted by Gasteiger charge is 2.37. The van der Waals surface area contributed by atoms with Crippen LogP contribution in [0.1, 0.15) is 37.6 Å². The lowest BCUT2D eigenvalue weighted by atomic mass is 9.97. The van der Waals surface area contributed by atoms with Crippen LogP contribution in [0.3, 0.4) is 0 Å². The molecule has 0 saturated carbocycles. The van der Waals surface area contributed by atoms with Gasteiger partial charge in [-0.05, 0) is 24.3 Å². The van der Waals surface area contributed by atoms with Crippen molar-refractivity contribution in [2.75, 3.05) is 0 Å². The molecule has 0 spiro atoms. The van der Waals surface area contributed by atoms with Crippen LogP contribution < -0.4 is 0 Å². The predicted molar refractivity (Wildman–Crippen MR) is 123 cm³/mol. The number of hydrazone groups is 1. The molecule has 4 aromatic rings. The number of aromatic nitrogens is 2. The van der Waals surface area contributed by atoms with E-state index in [-0.39, 0.29) is 17.9 Å². The topological polar surface area (TPSA) is 63.6 Å². The summed E-state index contributed by atoms with van der Waals surface area (Å²) in [5.74, 6) is 0.482. The zero-order valence-corrected chi connectivity index (χ0v) is 18.1. The van der Waals surface area contributed by atoms with Crippen LogP contribution in [0.15, 0.2) is 94.8 Å². The maximum absolute atomic E-state index is 13.1. The summed E-state index contributed by atoms with van der Waals surface area (Å²) in [4.78, 5) is 13.1. The molecule has 1 aliphatic rings. The number of hydrogen-bond acceptors (Lipinski definition) is 4. The van der Waals surface area contributed by atoms with Gasteiger partial charge < -0.3 is 4.42 Å². The van der Waals surface area contributed by atoms with E-state index in [1.54, 1.807) is 11.3 Å². The highest BCUT2D eigenvalue weighted by atomic mass is 16.3. The van der Waals surface area contributed by atoms with Crippen molar-refractivity contribution in [1.82, 2.24) is 14.8 Å². The number of nitrogens with zero attached hydrogens (tertiary/aromatic N) is 4. The largest absolute Gasteiger partial charge is 0.463 e. The second-order valence-electron chi connectivity index (χ2n) is 8.16. The molecule has 0 unspecified atom stereocenters. The maximum atomic E-state index is 13.1. The quantitative estimate of drug-likeness (QED) is 0.427. The first kappa shape index (κ1) is 20.0. The van der Waals surface area contributed by atoms with E-state index in [1.807, 2.05) is 97.5 Å². The summed E-state index contributed by atoms with van der Waals surface area (Å²) in [7, 11) is 0. The maximum Gasteiger partial charge on any atom is 0.245 e. The Hall–Kier alpha value is -3.93. The molecule has 0 bridgehead atoms. The van der Waals surface area contributed by atoms with Crippen LogP contribution in [0.25, 0.3) is 16.9 Å². The summed E-state index contributed by atoms with van der Waals surface area (Å²) >= 11 is 0. The van der Waals surface area contributed by atoms with Crippen LogP contribution in [-0.2, 0) is 4.79 Å². The van der Waals surface area contributed by atoms with Crippen LogP contribution in [0.4, 0.5) is 0 Å². The fraction of sp³-hybridized carbons (Fsp3) is 0.192. The Morgan fingerprint density at radius 2 is 1.72 bits per heavy atom. The molecular formula is C26H24N4O2. The third kappa shape index (κ3) is 3.64. The summed E-state index contributed by atoms with van der Waals surface area (Å²) in [6, 6.07) is 23.5. The van der Waals surface area contributed by atoms with Gasteiger partial charge in [0, 0.05) is 29.7 Å². The number of amides is 1. The van der Waals surface area contributed by atoms with E-state index in [1.165, 1.54) is 0 Å². The van der Waals surface area contributed by atoms with Crippen molar-refractivity contribution in [3.8, 4) is 16.9 Å². The first-order valence-electron chi connectivity index (χ1n) is 10.8. The summed E-state index contributed by atoms with van der Waals surface area (Å²) < 4.78 is 7.47. The van der Waals surface area contributed by atoms with Gasteiger partial charge in [-0.2, -0.15) is 10.2 Å². The molecule has 3 heterocycles. The van der Waals surface area contributed by atoms with Gasteiger partial charge in [-0.3, -0.25) is 4.79 Å². The van der Waals surface area contributed by atoms with Gasteiger partial charge in [-0.15, -0.1) is 0 Å². The molecule has 0 aliphatic carbocycles. The fourth-order valence-corrected chi connectivity index (χ4v) is 3.98. The average molecular weight is 425 g/mol. The normalized spacial score (nSPS) is 15.9. The second-order valence-corrected chi connectivity index (χ2v) is 8.16. The minimum atomic E-state index is -0.266. The van der Waals surface area contributed by atoms with Crippen molar-refractivity contribution in [2.24, 2.45) is 11.0 Å². The van der Waals surface area contributed by atoms with Gasteiger partial charge >= 0.3 is 0 Å². The van der Waals surface area contributed by atoms with Crippen molar-refractivity contribution < 1.29 is 9.21 Å². The number of carbonyl (C=O) groups excluding carboxylic acids is 1. The Labute approximate surface area is 186 Å². The third-order valence-corrected chi connectivity index (χ3v) is 5.61. The molecule has 1 atom stereocenters. The van der Waals surface area contributed by atoms with Crippen LogP contribution in [-0.4, -0.2) is 26.4 Å². The van der Waals surface area contributed by atoms with Crippen molar-refractivity contribution >= 4 is 11.6 Å². The van der Waals surface area contributed by atoms with Crippen molar-refractivity contribution in [3.63, 3.8) is 0 Å². The van der Waals surface area contributed by atoms with Gasteiger partial charge in [-0.25, -0.2) is 9.69 Å². The number of benzene rings is 2. The van der Waals surface area contributed by atoms with Crippen LogP contribution >= 0.6 is 0 Å². The lowest BCUT2D eigenvalue weighted by Crippen LogP contribution is -2.30. The Kier molecular flexibility index (Phi) is 5.19. The fourth-order valence-electron chi connectivity index (χ4n) is 3.98. The van der Waals surface area contributed by atoms with Crippen molar-refractivity contribution in [2.45, 2.75) is 26.3 Å². The summed E-state index contributed by atoms with van der Waals surface area (Å²) in [6.45, 7) is 3.79. The molecule has 1 aliphatic heterocycles. The van der Waals surface area contributed by atoms with Crippen molar-refractivity contribution in [1.29, 1.82) is 0 Å². The molecule has 6 heteroatoms. The molecular weight excluding hydrogens is 400 g/mol. The molecule has 160 valence electrons. The van der Waals surface area contributed by atoms with E-state index in [2.05, 4.69) is 0 Å². The number of furan rings is 1. The van der Waals surface area contributed by atoms with Gasteiger partial charge in [-0.1, -0.05) is 62.4 Å². The Morgan fingerprint density at radius 1 is 1.00 bits per heavy atom. The molecule has 5 rings (SSSR count). The first-order valence-corrected chi connectivity index (χ1v) is 10.8. The molecule has 0 fully saturated rings. The van der Waals surface area contributed by atoms with E-state index in [4.69, 9.17) is 14.6 Å². The SMILES string of the molecule is CC(C)C(=O)N1N=C(c2ccco2)C[C@H]1c1cn(-c2ccccc2)nc1-c1ccccc1. The average Bonchev–Trinajstić information content (AvgIpc) is 3.58. The van der Waals surface area contributed by atoms with E-state index in [9.17, 15) is 4.79 Å². The molecule has 2 aromatic heterocycles. The van der Waals surface area contributed by atoms with E-state index < -0.39 is 0 Å². The van der Waals surface area contributed by atoms with Crippen LogP contribution in [0.2, 0.25) is 0 Å². The van der Waals surface area contributed by atoms with E-state index in [0.29, 0.717) is 12.2 Å². The number of para-hydroxylation sites is 1. The van der Waals surface area contributed by atoms with E-state index >= 15 is 0 Å². The van der Waals surface area contributed by atoms with Crippen LogP contribution in [0, 0.1) is 5.92 Å². The highest BCUT2D eigenvalue weighted by molar-refractivity contribution is 6.01. The molecule has 0 radical (unpaired) electrons. The van der Waals surface area contributed by atoms with Gasteiger partial charge in [0.05, 0.1) is 23.7 Å². The lowest BCUT2D eigenvalue weighted by Gasteiger charge is -2.23. The molecule has 0 N–H and O–H groups in total. The summed E-state index contributed by atoms with van der Waals surface area (Å²) in [5, 5.41) is 11.2. The van der Waals surface area contributed by atoms with Crippen molar-refractivity contribution in [3.05, 3.63) is 96.6 Å². The minimum Gasteiger partial charge on any atom is -0.463 e. The minimum absolute atomic E-state index is 0.0250. The Bertz CT molecular complexity index is 1240. The van der Waals surface area contributed by atoms with Gasteiger partial charge in [0.1, 0.15) is 11.5 Å². The smallest absolute Gasteiger partial charge is 0.245 e. The Morgan fingerprint density at radius 3 is 2.38 bits per heavy atom. The highest BCUT2D eigenvalue weighted by Crippen LogP contribution is 2.39. The molecule has 0 saturated heterocycles. The molecule has 32 heavy (non-hydrogen) atoms.